The molecule has 1 aromatic carbocycles. The Morgan fingerprint density at radius 1 is 0.969 bits per heavy atom. The molecule has 0 saturated heterocycles. The predicted octanol–water partition coefficient (Wildman–Crippen LogP) is -0.751. The Labute approximate surface area is 191 Å². The van der Waals surface area contributed by atoms with Crippen LogP contribution in [0.25, 0.3) is 0 Å². The van der Waals surface area contributed by atoms with Crippen LogP contribution >= 0.6 is 11.8 Å². The summed E-state index contributed by atoms with van der Waals surface area (Å²) in [7, 11) is 0. The number of nitrogens with two attached hydrogens (primary N) is 1. The van der Waals surface area contributed by atoms with E-state index < -0.39 is 54.0 Å². The number of benzene rings is 1. The van der Waals surface area contributed by atoms with E-state index in [4.69, 9.17) is 5.73 Å². The van der Waals surface area contributed by atoms with Gasteiger partial charge in [0.1, 0.15) is 18.1 Å². The fourth-order valence-corrected chi connectivity index (χ4v) is 3.25. The lowest BCUT2D eigenvalue weighted by Gasteiger charge is -2.26. The molecule has 0 aromatic heterocycles. The average molecular weight is 469 g/mol. The van der Waals surface area contributed by atoms with E-state index in [1.54, 1.807) is 24.3 Å². The molecule has 32 heavy (non-hydrogen) atoms. The first-order valence-electron chi connectivity index (χ1n) is 10.2. The van der Waals surface area contributed by atoms with Gasteiger partial charge in [-0.05, 0) is 37.8 Å². The van der Waals surface area contributed by atoms with E-state index in [9.17, 15) is 29.4 Å². The maximum Gasteiger partial charge on any atom is 0.326 e. The van der Waals surface area contributed by atoms with Gasteiger partial charge < -0.3 is 31.9 Å². The number of rotatable bonds is 13. The molecule has 0 aliphatic heterocycles. The lowest BCUT2D eigenvalue weighted by Crippen LogP contribution is -2.60. The lowest BCUT2D eigenvalue weighted by atomic mass is 10.0. The SMILES string of the molecule is CSCCC(NC(=O)C(NC(=O)C(Cc1ccccc1)NC(=O)C(C)N)C(C)O)C(=O)O. The molecule has 0 aliphatic rings. The molecule has 1 aromatic rings. The summed E-state index contributed by atoms with van der Waals surface area (Å²) >= 11 is 1.43. The Morgan fingerprint density at radius 3 is 2.06 bits per heavy atom. The maximum absolute atomic E-state index is 12.9. The third-order valence-corrected chi connectivity index (χ3v) is 5.26. The summed E-state index contributed by atoms with van der Waals surface area (Å²) in [6.07, 6.45) is 0.813. The van der Waals surface area contributed by atoms with Gasteiger partial charge in [0.15, 0.2) is 0 Å². The summed E-state index contributed by atoms with van der Waals surface area (Å²) in [6, 6.07) is 4.44. The van der Waals surface area contributed by atoms with Crippen LogP contribution in [0.1, 0.15) is 25.8 Å². The van der Waals surface area contributed by atoms with Gasteiger partial charge in [0.05, 0.1) is 12.1 Å². The van der Waals surface area contributed by atoms with E-state index in [0.717, 1.165) is 5.56 Å². The van der Waals surface area contributed by atoms with E-state index in [0.29, 0.717) is 5.75 Å². The standard InChI is InChI=1S/C21H32N4O6S/c1-12(22)18(27)24-16(11-14-7-5-4-6-8-14)19(28)25-17(13(2)26)20(29)23-15(21(30)31)9-10-32-3/h4-8,12-13,15-17,26H,9-11,22H2,1-3H3,(H,23,29)(H,24,27)(H,25,28)(H,30,31). The first-order chi connectivity index (χ1) is 15.1. The number of hydrogen-bond acceptors (Lipinski definition) is 7. The molecule has 0 saturated carbocycles. The van der Waals surface area contributed by atoms with Crippen LogP contribution in [0.4, 0.5) is 0 Å². The molecular formula is C21H32N4O6S. The highest BCUT2D eigenvalue weighted by molar-refractivity contribution is 7.98. The summed E-state index contributed by atoms with van der Waals surface area (Å²) in [5.41, 5.74) is 6.36. The Hall–Kier alpha value is -2.63. The third-order valence-electron chi connectivity index (χ3n) is 4.62. The topological polar surface area (TPSA) is 171 Å². The maximum atomic E-state index is 12.9. The minimum absolute atomic E-state index is 0.130. The second-order valence-electron chi connectivity index (χ2n) is 7.45. The summed E-state index contributed by atoms with van der Waals surface area (Å²) in [5.74, 6) is -2.80. The van der Waals surface area contributed by atoms with Crippen molar-refractivity contribution in [2.24, 2.45) is 5.73 Å². The van der Waals surface area contributed by atoms with Gasteiger partial charge in [0.2, 0.25) is 17.7 Å². The molecule has 0 heterocycles. The molecule has 0 bridgehead atoms. The van der Waals surface area contributed by atoms with E-state index in [1.807, 2.05) is 12.3 Å². The van der Waals surface area contributed by atoms with Gasteiger partial charge in [-0.25, -0.2) is 4.79 Å². The number of carbonyl (C=O) groups is 4. The van der Waals surface area contributed by atoms with Gasteiger partial charge in [-0.1, -0.05) is 30.3 Å². The number of aliphatic carboxylic acids is 1. The zero-order chi connectivity index (χ0) is 24.3. The molecule has 0 radical (unpaired) electrons. The van der Waals surface area contributed by atoms with Crippen LogP contribution < -0.4 is 21.7 Å². The fraction of sp³-hybridized carbons (Fsp3) is 0.524. The van der Waals surface area contributed by atoms with Crippen LogP contribution in [0.2, 0.25) is 0 Å². The Morgan fingerprint density at radius 2 is 1.56 bits per heavy atom. The molecule has 11 heteroatoms. The average Bonchev–Trinajstić information content (AvgIpc) is 2.74. The molecule has 178 valence electrons. The van der Waals surface area contributed by atoms with Gasteiger partial charge in [0, 0.05) is 6.42 Å². The highest BCUT2D eigenvalue weighted by Gasteiger charge is 2.32. The van der Waals surface area contributed by atoms with Crippen molar-refractivity contribution in [3.63, 3.8) is 0 Å². The lowest BCUT2D eigenvalue weighted by molar-refractivity contribution is -0.143. The van der Waals surface area contributed by atoms with E-state index >= 15 is 0 Å². The number of hydrogen-bond donors (Lipinski definition) is 6. The zero-order valence-electron chi connectivity index (χ0n) is 18.4. The van der Waals surface area contributed by atoms with Crippen molar-refractivity contribution in [3.05, 3.63) is 35.9 Å². The van der Waals surface area contributed by atoms with Crippen molar-refractivity contribution >= 4 is 35.5 Å². The van der Waals surface area contributed by atoms with E-state index in [1.165, 1.54) is 25.6 Å². The van der Waals surface area contributed by atoms with Crippen LogP contribution in [-0.2, 0) is 25.6 Å². The molecule has 5 unspecified atom stereocenters. The zero-order valence-corrected chi connectivity index (χ0v) is 19.2. The summed E-state index contributed by atoms with van der Waals surface area (Å²) in [4.78, 5) is 49.1. The molecule has 0 aliphatic carbocycles. The smallest absolute Gasteiger partial charge is 0.326 e. The number of aliphatic hydroxyl groups excluding tert-OH is 1. The molecular weight excluding hydrogens is 436 g/mol. The summed E-state index contributed by atoms with van der Waals surface area (Å²) in [6.45, 7) is 2.77. The normalized spacial score (nSPS) is 15.5. The first-order valence-corrected chi connectivity index (χ1v) is 11.6. The van der Waals surface area contributed by atoms with Crippen LogP contribution in [0.3, 0.4) is 0 Å². The Bertz CT molecular complexity index is 775. The van der Waals surface area contributed by atoms with Gasteiger partial charge in [0.25, 0.3) is 0 Å². The van der Waals surface area contributed by atoms with E-state index in [-0.39, 0.29) is 12.8 Å². The highest BCUT2D eigenvalue weighted by Crippen LogP contribution is 2.06. The largest absolute Gasteiger partial charge is 0.480 e. The van der Waals surface area contributed by atoms with Crippen molar-refractivity contribution in [1.82, 2.24) is 16.0 Å². The summed E-state index contributed by atoms with van der Waals surface area (Å²) in [5, 5.41) is 26.7. The molecule has 5 atom stereocenters. The second-order valence-corrected chi connectivity index (χ2v) is 8.43. The minimum Gasteiger partial charge on any atom is -0.480 e. The first kappa shape index (κ1) is 27.4. The third kappa shape index (κ3) is 9.25. The van der Waals surface area contributed by atoms with Crippen molar-refractivity contribution < 1.29 is 29.4 Å². The van der Waals surface area contributed by atoms with Crippen LogP contribution in [-0.4, -0.2) is 76.2 Å². The van der Waals surface area contributed by atoms with Crippen LogP contribution in [0, 0.1) is 0 Å². The monoisotopic (exact) mass is 468 g/mol. The quantitative estimate of drug-likeness (QED) is 0.219. The van der Waals surface area contributed by atoms with Crippen LogP contribution in [0.5, 0.6) is 0 Å². The van der Waals surface area contributed by atoms with Gasteiger partial charge in [-0.15, -0.1) is 0 Å². The minimum atomic E-state index is -1.41. The number of thioether (sulfide) groups is 1. The number of carboxylic acids is 1. The second kappa shape index (κ2) is 13.7. The van der Waals surface area contributed by atoms with Crippen molar-refractivity contribution in [3.8, 4) is 0 Å². The van der Waals surface area contributed by atoms with Gasteiger partial charge in [-0.3, -0.25) is 14.4 Å². The molecule has 0 spiro atoms. The highest BCUT2D eigenvalue weighted by atomic mass is 32.2. The fourth-order valence-electron chi connectivity index (χ4n) is 2.78. The number of carbonyl (C=O) groups excluding carboxylic acids is 3. The number of carboxylic acid groups (broad SMARTS) is 1. The van der Waals surface area contributed by atoms with Crippen molar-refractivity contribution in [2.75, 3.05) is 12.0 Å². The van der Waals surface area contributed by atoms with E-state index in [2.05, 4.69) is 16.0 Å². The Kier molecular flexibility index (Phi) is 11.7. The Balaban J connectivity index is 2.99. The van der Waals surface area contributed by atoms with Gasteiger partial charge >= 0.3 is 5.97 Å². The van der Waals surface area contributed by atoms with Crippen molar-refractivity contribution in [2.45, 2.75) is 57.0 Å². The molecule has 1 rings (SSSR count). The molecule has 10 nitrogen and oxygen atoms in total. The van der Waals surface area contributed by atoms with Gasteiger partial charge in [-0.2, -0.15) is 11.8 Å². The van der Waals surface area contributed by atoms with Crippen LogP contribution in [0.15, 0.2) is 30.3 Å². The number of amides is 3. The summed E-state index contributed by atoms with van der Waals surface area (Å²) < 4.78 is 0. The predicted molar refractivity (Wildman–Crippen MR) is 122 cm³/mol. The molecule has 0 fully saturated rings. The molecule has 3 amide bonds. The van der Waals surface area contributed by atoms with Crippen molar-refractivity contribution in [1.29, 1.82) is 0 Å². The molecule has 7 N–H and O–H groups in total. The number of nitrogens with one attached hydrogen (secondary N) is 3. The number of aliphatic hydroxyl groups is 1.